The highest BCUT2D eigenvalue weighted by Gasteiger charge is 2.58. The number of fused-ring (bicyclic) bond motifs is 5. The van der Waals surface area contributed by atoms with E-state index in [1.54, 1.807) is 55.4 Å². The maximum atomic E-state index is 13.4. The molecule has 3 aromatic carbocycles. The van der Waals surface area contributed by atoms with Crippen molar-refractivity contribution in [3.05, 3.63) is 249 Å². The van der Waals surface area contributed by atoms with Crippen molar-refractivity contribution in [2.24, 2.45) is 17.3 Å². The Hall–Kier alpha value is -11.7. The highest BCUT2D eigenvalue weighted by Crippen LogP contribution is 2.62. The van der Waals surface area contributed by atoms with Crippen LogP contribution >= 0.6 is 0 Å². The Balaban J connectivity index is 0.000000130. The van der Waals surface area contributed by atoms with Gasteiger partial charge in [0.15, 0.2) is 16.9 Å². The maximum absolute atomic E-state index is 13.4. The lowest BCUT2D eigenvalue weighted by Gasteiger charge is -2.53. The fourth-order valence-electron chi connectivity index (χ4n) is 18.2. The molecule has 12 aromatic rings. The van der Waals surface area contributed by atoms with E-state index in [2.05, 4.69) is 127 Å². The van der Waals surface area contributed by atoms with E-state index in [-0.39, 0.29) is 57.1 Å². The number of aromatic amines is 3. The molecule has 3 aliphatic carbocycles. The molecule has 11 heterocycles. The number of H-pyrrole nitrogens is 3. The molecule has 22 nitrogen and oxygen atoms in total. The summed E-state index contributed by atoms with van der Waals surface area (Å²) in [5.74, 6) is 2.10. The van der Waals surface area contributed by atoms with E-state index in [0.717, 1.165) is 142 Å². The first kappa shape index (κ1) is 71.9. The topological polar surface area (TPSA) is 268 Å². The molecule has 108 heavy (non-hydrogen) atoms. The maximum Gasteiger partial charge on any atom is 0.251 e. The molecule has 3 saturated carbocycles. The van der Waals surface area contributed by atoms with Gasteiger partial charge in [0.25, 0.3) is 11.8 Å². The van der Waals surface area contributed by atoms with Crippen LogP contribution in [0.15, 0.2) is 216 Å². The molecule has 8 N–H and O–H groups in total. The molecular formula is C86H94N16O6. The number of rotatable bonds is 15. The monoisotopic (exact) mass is 1450 g/mol. The summed E-state index contributed by atoms with van der Waals surface area (Å²) in [5, 5.41) is 17.1. The summed E-state index contributed by atoms with van der Waals surface area (Å²) in [7, 11) is 2.16. The molecule has 5 fully saturated rings. The molecule has 17 rings (SSSR count). The molecule has 554 valence electrons. The number of amides is 3. The number of hydrogen-bond acceptors (Lipinski definition) is 13. The first-order chi connectivity index (χ1) is 52.0. The third kappa shape index (κ3) is 15.1. The molecule has 0 unspecified atom stereocenters. The lowest BCUT2D eigenvalue weighted by atomic mass is 9.68. The largest absolute Gasteiger partial charge is 0.352 e. The number of hydrogen-bond donors (Lipinski definition) is 8. The summed E-state index contributed by atoms with van der Waals surface area (Å²) >= 11 is 0. The van der Waals surface area contributed by atoms with Crippen molar-refractivity contribution < 1.29 is 14.4 Å². The first-order valence-corrected chi connectivity index (χ1v) is 37.8. The molecule has 2 aliphatic heterocycles. The average Bonchev–Trinajstić information content (AvgIpc) is 1.57. The molecule has 2 saturated heterocycles. The number of carbonyl (C=O) groups excluding carboxylic acids is 3. The summed E-state index contributed by atoms with van der Waals surface area (Å²) in [4.78, 5) is 99.6. The van der Waals surface area contributed by atoms with Crippen molar-refractivity contribution in [3.8, 4) is 33.8 Å². The van der Waals surface area contributed by atoms with Crippen molar-refractivity contribution >= 4 is 68.8 Å². The number of aromatic nitrogens is 9. The van der Waals surface area contributed by atoms with Crippen molar-refractivity contribution in [1.29, 1.82) is 0 Å². The molecule has 9 aromatic heterocycles. The van der Waals surface area contributed by atoms with Gasteiger partial charge in [0.2, 0.25) is 22.6 Å². The zero-order valence-electron chi connectivity index (χ0n) is 62.3. The Bertz CT molecular complexity index is 5470. The van der Waals surface area contributed by atoms with E-state index >= 15 is 0 Å². The minimum atomic E-state index is -0.152. The minimum Gasteiger partial charge on any atom is -0.352 e. The molecule has 0 radical (unpaired) electrons. The van der Waals surface area contributed by atoms with Crippen LogP contribution in [0.1, 0.15) is 151 Å². The number of anilines is 6. The van der Waals surface area contributed by atoms with Gasteiger partial charge in [-0.05, 0) is 237 Å². The van der Waals surface area contributed by atoms with E-state index in [9.17, 15) is 28.8 Å². The van der Waals surface area contributed by atoms with Gasteiger partial charge in [0, 0.05) is 161 Å². The smallest absolute Gasteiger partial charge is 0.251 e. The number of benzene rings is 3. The lowest BCUT2D eigenvalue weighted by molar-refractivity contribution is -0.131. The highest BCUT2D eigenvalue weighted by atomic mass is 16.2. The van der Waals surface area contributed by atoms with Gasteiger partial charge in [-0.1, -0.05) is 38.8 Å². The number of imidazole rings is 3. The summed E-state index contributed by atoms with van der Waals surface area (Å²) in [6.07, 6.45) is 29.0. The molecular weight excluding hydrogens is 1350 g/mol. The van der Waals surface area contributed by atoms with Gasteiger partial charge < -0.3 is 46.4 Å². The molecule has 5 aliphatic rings. The summed E-state index contributed by atoms with van der Waals surface area (Å²) in [5.41, 5.74) is 15.3. The second-order valence-electron chi connectivity index (χ2n) is 31.7. The molecule has 0 spiro atoms. The molecule has 4 atom stereocenters. The third-order valence-corrected chi connectivity index (χ3v) is 23.4. The van der Waals surface area contributed by atoms with Crippen LogP contribution in [-0.2, 0) is 4.79 Å². The van der Waals surface area contributed by atoms with Crippen LogP contribution in [0.4, 0.5) is 34.1 Å². The van der Waals surface area contributed by atoms with Gasteiger partial charge in [-0.15, -0.1) is 0 Å². The third-order valence-electron chi connectivity index (χ3n) is 23.4. The van der Waals surface area contributed by atoms with E-state index in [0.29, 0.717) is 34.8 Å². The number of pyridine rings is 6. The van der Waals surface area contributed by atoms with Gasteiger partial charge in [-0.3, -0.25) is 46.9 Å². The Morgan fingerprint density at radius 2 is 0.935 bits per heavy atom. The fourth-order valence-corrected chi connectivity index (χ4v) is 18.2. The molecule has 3 bridgehead atoms. The van der Waals surface area contributed by atoms with Crippen molar-refractivity contribution in [3.63, 3.8) is 0 Å². The van der Waals surface area contributed by atoms with Gasteiger partial charge in [0.05, 0.1) is 34.1 Å². The minimum absolute atomic E-state index is 0.0113. The predicted molar refractivity (Wildman–Crippen MR) is 426 cm³/mol. The van der Waals surface area contributed by atoms with Crippen LogP contribution in [0.5, 0.6) is 0 Å². The number of nitrogens with one attached hydrogen (secondary N) is 8. The predicted octanol–water partition coefficient (Wildman–Crippen LogP) is 15.3. The SMILES string of the molecule is CCC(=O)N1CCC(c2ccc(Nc3ccc(-c4cc[nH]c(=O)c4)n4ccnc34)cc2)CC1.CN1C(C)(C)CC(NC(=O)c2ccc(Nc3ccc(-c4cc[nH]c(=O)c4)n4ccnc34)cc2)CC1(C)C.C[C@@]12C[C@H]3CCC[C@@H](C1)[C@@](NC(=O)c1ccc(Nc4ccc(-c5cc[nH]c(=O)c5)n5ccnc45)cc1)(C3)C2. The van der Waals surface area contributed by atoms with Crippen molar-refractivity contribution in [2.75, 3.05) is 36.1 Å². The van der Waals surface area contributed by atoms with Gasteiger partial charge in [0.1, 0.15) is 0 Å². The normalized spacial score (nSPS) is 20.2. The van der Waals surface area contributed by atoms with Crippen LogP contribution in [0, 0.1) is 17.3 Å². The van der Waals surface area contributed by atoms with Crippen molar-refractivity contribution in [2.45, 2.75) is 147 Å². The summed E-state index contributed by atoms with van der Waals surface area (Å²) in [6.45, 7) is 15.0. The van der Waals surface area contributed by atoms with Crippen molar-refractivity contribution in [1.82, 2.24) is 63.5 Å². The Morgan fingerprint density at radius 3 is 1.37 bits per heavy atom. The quantitative estimate of drug-likeness (QED) is 0.0475. The number of nitrogens with zero attached hydrogens (tertiary/aromatic N) is 8. The van der Waals surface area contributed by atoms with Crippen LogP contribution in [0.2, 0.25) is 0 Å². The van der Waals surface area contributed by atoms with Gasteiger partial charge in [-0.2, -0.15) is 0 Å². The number of piperidine rings is 2. The Morgan fingerprint density at radius 1 is 0.500 bits per heavy atom. The summed E-state index contributed by atoms with van der Waals surface area (Å²) < 4.78 is 5.90. The zero-order valence-corrected chi connectivity index (χ0v) is 62.3. The van der Waals surface area contributed by atoms with Crippen LogP contribution < -0.4 is 43.3 Å². The van der Waals surface area contributed by atoms with E-state index in [1.807, 2.05) is 147 Å². The number of carbonyl (C=O) groups is 3. The summed E-state index contributed by atoms with van der Waals surface area (Å²) in [6, 6.07) is 46.1. The second kappa shape index (κ2) is 29.6. The van der Waals surface area contributed by atoms with Crippen LogP contribution in [0.3, 0.4) is 0 Å². The van der Waals surface area contributed by atoms with Crippen LogP contribution in [0.25, 0.3) is 50.7 Å². The van der Waals surface area contributed by atoms with E-state index < -0.39 is 0 Å². The second-order valence-corrected chi connectivity index (χ2v) is 31.7. The molecule has 22 heteroatoms. The zero-order chi connectivity index (χ0) is 75.1. The Labute approximate surface area is 626 Å². The van der Waals surface area contributed by atoms with Gasteiger partial charge >= 0.3 is 0 Å². The number of likely N-dealkylation sites (tertiary alicyclic amines) is 2. The Kier molecular flexibility index (Phi) is 19.7. The molecule has 3 amide bonds. The highest BCUT2D eigenvalue weighted by molar-refractivity contribution is 5.96. The van der Waals surface area contributed by atoms with E-state index in [1.165, 1.54) is 37.7 Å². The van der Waals surface area contributed by atoms with E-state index in [4.69, 9.17) is 0 Å². The first-order valence-electron chi connectivity index (χ1n) is 37.8. The van der Waals surface area contributed by atoms with Crippen LogP contribution in [-0.4, -0.2) is 113 Å². The standard InChI is InChI=1S/C31H33N5O2.C29H34N6O2.C26H27N5O2/c1-30-16-20-3-2-4-23(18-30)31(17-20,19-30)35-29(38)21-5-7-24(8-6-21)34-25-9-10-26(36-14-13-33-28(25)36)22-11-12-32-27(37)15-22;1-28(2)17-22(18-29(3,4)34(28)5)33-27(37)19-6-8-21(9-7-19)32-23-10-11-24(35-15-14-31-26(23)35)20-12-13-30-25(36)16-20;1-2-25(33)30-14-10-19(11-15-30)18-3-5-21(6-4-18)29-22-7-8-23(31-16-13-28-26(22)31)20-9-12-27-24(32)17-20/h5-15,20,23,34H,2-4,16-19H2,1H3,(H,32,37)(H,35,38);6-16,22,32H,17-18H2,1-5H3,(H,30,36)(H,33,37);3-9,12-13,16-17,19,29H,2,10-11,14-15H2,1H3,(H,27,32)/t20-,23+,30-,31-;;/m1../s1. The lowest BCUT2D eigenvalue weighted by Crippen LogP contribution is -2.62. The van der Waals surface area contributed by atoms with Gasteiger partial charge in [-0.25, -0.2) is 15.0 Å². The average molecular weight is 1450 g/mol. The fraction of sp³-hybridized carbons (Fsp3) is 0.337.